The first-order chi connectivity index (χ1) is 10.2. The number of carbonyl (C=O) groups excluding carboxylic acids is 1. The molecule has 22 heavy (non-hydrogen) atoms. The van der Waals surface area contributed by atoms with Gasteiger partial charge in [-0.25, -0.2) is 0 Å². The molecule has 0 aliphatic rings. The summed E-state index contributed by atoms with van der Waals surface area (Å²) >= 11 is 0. The van der Waals surface area contributed by atoms with Crippen molar-refractivity contribution in [2.45, 2.75) is 46.3 Å². The Morgan fingerprint density at radius 3 is 2.55 bits per heavy atom. The molecule has 2 rings (SSSR count). The number of fused-ring (bicyclic) bond motifs is 1. The number of nitrogens with zero attached hydrogens (tertiary/aromatic N) is 2. The van der Waals surface area contributed by atoms with E-state index in [1.807, 2.05) is 41.8 Å². The molecular formula is C18H26N2O2. The Bertz CT molecular complexity index is 678. The van der Waals surface area contributed by atoms with E-state index in [1.165, 1.54) is 5.56 Å². The van der Waals surface area contributed by atoms with Crippen LogP contribution in [0, 0.1) is 6.92 Å². The summed E-state index contributed by atoms with van der Waals surface area (Å²) in [5, 5.41) is 0. The second-order valence-corrected chi connectivity index (χ2v) is 7.11. The molecular weight excluding hydrogens is 276 g/mol. The quantitative estimate of drug-likeness (QED) is 0.813. The Kier molecular flexibility index (Phi) is 4.61. The summed E-state index contributed by atoms with van der Waals surface area (Å²) in [6.07, 6.45) is 2.41. The second-order valence-electron chi connectivity index (χ2n) is 7.11. The van der Waals surface area contributed by atoms with Crippen molar-refractivity contribution < 1.29 is 9.53 Å². The average Bonchev–Trinajstić information content (AvgIpc) is 2.63. The maximum atomic E-state index is 12.1. The summed E-state index contributed by atoms with van der Waals surface area (Å²) in [7, 11) is 4.10. The van der Waals surface area contributed by atoms with Crippen molar-refractivity contribution in [3.05, 3.63) is 41.2 Å². The normalized spacial score (nSPS) is 12.1. The van der Waals surface area contributed by atoms with Crippen molar-refractivity contribution in [3.8, 4) is 0 Å². The second kappa shape index (κ2) is 6.13. The maximum absolute atomic E-state index is 12.1. The number of pyridine rings is 1. The maximum Gasteiger partial charge on any atom is 0.312 e. The van der Waals surface area contributed by atoms with Crippen molar-refractivity contribution in [1.29, 1.82) is 0 Å². The highest BCUT2D eigenvalue weighted by atomic mass is 16.6. The van der Waals surface area contributed by atoms with Gasteiger partial charge in [0.05, 0.1) is 6.42 Å². The van der Waals surface area contributed by atoms with Crippen LogP contribution in [-0.4, -0.2) is 35.0 Å². The van der Waals surface area contributed by atoms with E-state index in [1.54, 1.807) is 0 Å². The highest BCUT2D eigenvalue weighted by Gasteiger charge is 2.19. The van der Waals surface area contributed by atoms with Crippen molar-refractivity contribution in [2.24, 2.45) is 0 Å². The molecule has 2 aromatic rings. The number of aromatic nitrogens is 1. The molecule has 2 aromatic heterocycles. The minimum Gasteiger partial charge on any atom is -0.460 e. The van der Waals surface area contributed by atoms with Crippen molar-refractivity contribution in [3.63, 3.8) is 0 Å². The van der Waals surface area contributed by atoms with Gasteiger partial charge in [0, 0.05) is 24.0 Å². The van der Waals surface area contributed by atoms with E-state index in [4.69, 9.17) is 4.74 Å². The SMILES string of the molecule is Cc1cc2ccc(CN(C)C)cn2c1CC(=O)OC(C)(C)C. The Morgan fingerprint density at radius 1 is 1.27 bits per heavy atom. The predicted molar refractivity (Wildman–Crippen MR) is 89.1 cm³/mol. The van der Waals surface area contributed by atoms with Crippen molar-refractivity contribution >= 4 is 11.5 Å². The van der Waals surface area contributed by atoms with Gasteiger partial charge in [0.2, 0.25) is 0 Å². The molecule has 0 aliphatic carbocycles. The molecule has 120 valence electrons. The fraction of sp³-hybridized carbons (Fsp3) is 0.500. The van der Waals surface area contributed by atoms with Gasteiger partial charge in [-0.1, -0.05) is 6.07 Å². The van der Waals surface area contributed by atoms with E-state index in [0.717, 1.165) is 23.3 Å². The molecule has 0 aliphatic heterocycles. The third kappa shape index (κ3) is 4.10. The number of carbonyl (C=O) groups is 1. The summed E-state index contributed by atoms with van der Waals surface area (Å²) in [5.41, 5.74) is 4.00. The van der Waals surface area contributed by atoms with Crippen LogP contribution in [0.3, 0.4) is 0 Å². The minimum atomic E-state index is -0.450. The molecule has 0 saturated heterocycles. The fourth-order valence-corrected chi connectivity index (χ4v) is 2.60. The topological polar surface area (TPSA) is 34.0 Å². The standard InChI is InChI=1S/C18H26N2O2/c1-13-9-15-8-7-14(11-19(5)6)12-20(15)16(13)10-17(21)22-18(2,3)4/h7-9,12H,10-11H2,1-6H3. The van der Waals surface area contributed by atoms with Crippen LogP contribution >= 0.6 is 0 Å². The monoisotopic (exact) mass is 302 g/mol. The lowest BCUT2D eigenvalue weighted by Crippen LogP contribution is -2.25. The average molecular weight is 302 g/mol. The zero-order chi connectivity index (χ0) is 16.5. The molecule has 0 atom stereocenters. The number of ether oxygens (including phenoxy) is 1. The van der Waals surface area contributed by atoms with Crippen LogP contribution in [0.5, 0.6) is 0 Å². The third-order valence-electron chi connectivity index (χ3n) is 3.38. The third-order valence-corrected chi connectivity index (χ3v) is 3.38. The lowest BCUT2D eigenvalue weighted by Gasteiger charge is -2.19. The van der Waals surface area contributed by atoms with E-state index in [0.29, 0.717) is 6.42 Å². The number of rotatable bonds is 4. The number of hydrogen-bond acceptors (Lipinski definition) is 3. The molecule has 0 radical (unpaired) electrons. The molecule has 0 bridgehead atoms. The number of esters is 1. The van der Waals surface area contributed by atoms with E-state index >= 15 is 0 Å². The zero-order valence-corrected chi connectivity index (χ0v) is 14.4. The van der Waals surface area contributed by atoms with E-state index in [-0.39, 0.29) is 5.97 Å². The summed E-state index contributed by atoms with van der Waals surface area (Å²) < 4.78 is 7.56. The molecule has 0 N–H and O–H groups in total. The van der Waals surface area contributed by atoms with Gasteiger partial charge in [-0.15, -0.1) is 0 Å². The summed E-state index contributed by atoms with van der Waals surface area (Å²) in [6.45, 7) is 8.59. The first-order valence-corrected chi connectivity index (χ1v) is 7.62. The van der Waals surface area contributed by atoms with Crippen LogP contribution in [-0.2, 0) is 22.5 Å². The first-order valence-electron chi connectivity index (χ1n) is 7.62. The zero-order valence-electron chi connectivity index (χ0n) is 14.4. The smallest absolute Gasteiger partial charge is 0.312 e. The highest BCUT2D eigenvalue weighted by Crippen LogP contribution is 2.19. The van der Waals surface area contributed by atoms with Crippen molar-refractivity contribution in [1.82, 2.24) is 9.30 Å². The van der Waals surface area contributed by atoms with Gasteiger partial charge in [-0.3, -0.25) is 4.79 Å². The van der Waals surface area contributed by atoms with Crippen LogP contribution in [0.4, 0.5) is 0 Å². The summed E-state index contributed by atoms with van der Waals surface area (Å²) in [5.74, 6) is -0.186. The van der Waals surface area contributed by atoms with Crippen molar-refractivity contribution in [2.75, 3.05) is 14.1 Å². The van der Waals surface area contributed by atoms with Gasteiger partial charge in [0.1, 0.15) is 5.60 Å². The number of hydrogen-bond donors (Lipinski definition) is 0. The van der Waals surface area contributed by atoms with Gasteiger partial charge in [-0.05, 0) is 65.0 Å². The Balaban J connectivity index is 2.32. The predicted octanol–water partition coefficient (Wildman–Crippen LogP) is 3.19. The molecule has 0 unspecified atom stereocenters. The van der Waals surface area contributed by atoms with Gasteiger partial charge in [0.15, 0.2) is 0 Å². The van der Waals surface area contributed by atoms with Crippen LogP contribution in [0.15, 0.2) is 24.4 Å². The minimum absolute atomic E-state index is 0.186. The Labute approximate surface area is 132 Å². The Hall–Kier alpha value is -1.81. The molecule has 4 nitrogen and oxygen atoms in total. The Morgan fingerprint density at radius 2 is 1.95 bits per heavy atom. The lowest BCUT2D eigenvalue weighted by atomic mass is 10.2. The fourth-order valence-electron chi connectivity index (χ4n) is 2.60. The van der Waals surface area contributed by atoms with Gasteiger partial charge >= 0.3 is 5.97 Å². The van der Waals surface area contributed by atoms with Crippen LogP contribution in [0.25, 0.3) is 5.52 Å². The van der Waals surface area contributed by atoms with Crippen LogP contribution in [0.2, 0.25) is 0 Å². The van der Waals surface area contributed by atoms with E-state index in [2.05, 4.69) is 33.7 Å². The number of aryl methyl sites for hydroxylation is 1. The van der Waals surface area contributed by atoms with E-state index < -0.39 is 5.60 Å². The molecule has 0 spiro atoms. The van der Waals surface area contributed by atoms with Gasteiger partial charge in [0.25, 0.3) is 0 Å². The summed E-state index contributed by atoms with van der Waals surface area (Å²) in [6, 6.07) is 6.34. The van der Waals surface area contributed by atoms with Crippen LogP contribution in [0.1, 0.15) is 37.6 Å². The largest absolute Gasteiger partial charge is 0.460 e. The molecule has 0 fully saturated rings. The van der Waals surface area contributed by atoms with Gasteiger partial charge < -0.3 is 14.0 Å². The molecule has 0 saturated carbocycles. The molecule has 2 heterocycles. The molecule has 0 aromatic carbocycles. The van der Waals surface area contributed by atoms with Crippen LogP contribution < -0.4 is 0 Å². The highest BCUT2D eigenvalue weighted by molar-refractivity contribution is 5.74. The molecule has 4 heteroatoms. The first kappa shape index (κ1) is 16.6. The summed E-state index contributed by atoms with van der Waals surface area (Å²) in [4.78, 5) is 14.3. The lowest BCUT2D eigenvalue weighted by molar-refractivity contribution is -0.154. The van der Waals surface area contributed by atoms with E-state index in [9.17, 15) is 4.79 Å². The van der Waals surface area contributed by atoms with Gasteiger partial charge in [-0.2, -0.15) is 0 Å². The molecule has 0 amide bonds.